The molecule has 0 aliphatic heterocycles. The van der Waals surface area contributed by atoms with Crippen molar-refractivity contribution in [1.29, 1.82) is 0 Å². The highest BCUT2D eigenvalue weighted by molar-refractivity contribution is 5.58. The minimum Gasteiger partial charge on any atom is -0.393 e. The van der Waals surface area contributed by atoms with Crippen LogP contribution in [0.15, 0.2) is 42.6 Å². The molecule has 0 bridgehead atoms. The molecule has 3 nitrogen and oxygen atoms in total. The van der Waals surface area contributed by atoms with E-state index in [2.05, 4.69) is 17.1 Å². The van der Waals surface area contributed by atoms with Gasteiger partial charge in [-0.3, -0.25) is 0 Å². The van der Waals surface area contributed by atoms with Crippen LogP contribution in [0.1, 0.15) is 37.4 Å². The van der Waals surface area contributed by atoms with Gasteiger partial charge in [0.1, 0.15) is 5.82 Å². The number of rotatable bonds is 2. The highest BCUT2D eigenvalue weighted by atomic mass is 16.3. The molecule has 1 aliphatic carbocycles. The molecule has 98 valence electrons. The number of benzene rings is 1. The van der Waals surface area contributed by atoms with E-state index in [1.54, 1.807) is 0 Å². The number of aromatic nitrogens is 2. The first-order valence-corrected chi connectivity index (χ1v) is 6.89. The average Bonchev–Trinajstić information content (AvgIpc) is 2.49. The van der Waals surface area contributed by atoms with Crippen LogP contribution in [0.5, 0.6) is 0 Å². The van der Waals surface area contributed by atoms with E-state index >= 15 is 0 Å². The van der Waals surface area contributed by atoms with Gasteiger partial charge in [-0.15, -0.1) is 0 Å². The summed E-state index contributed by atoms with van der Waals surface area (Å²) in [6.45, 7) is 0. The molecule has 1 N–H and O–H groups in total. The van der Waals surface area contributed by atoms with Crippen molar-refractivity contribution < 1.29 is 5.11 Å². The first-order valence-electron chi connectivity index (χ1n) is 6.89. The van der Waals surface area contributed by atoms with E-state index < -0.39 is 0 Å². The van der Waals surface area contributed by atoms with Crippen molar-refractivity contribution in [3.63, 3.8) is 0 Å². The van der Waals surface area contributed by atoms with Gasteiger partial charge >= 0.3 is 0 Å². The van der Waals surface area contributed by atoms with E-state index in [-0.39, 0.29) is 6.10 Å². The van der Waals surface area contributed by atoms with E-state index in [9.17, 15) is 5.11 Å². The maximum Gasteiger partial charge on any atom is 0.132 e. The lowest BCUT2D eigenvalue weighted by Crippen LogP contribution is -2.18. The smallest absolute Gasteiger partial charge is 0.132 e. The van der Waals surface area contributed by atoms with E-state index in [0.717, 1.165) is 42.8 Å². The number of aliphatic hydroxyl groups excluding tert-OH is 1. The Bertz CT molecular complexity index is 533. The summed E-state index contributed by atoms with van der Waals surface area (Å²) in [4.78, 5) is 9.12. The van der Waals surface area contributed by atoms with E-state index in [0.29, 0.717) is 5.92 Å². The Morgan fingerprint density at radius 1 is 0.947 bits per heavy atom. The molecule has 1 aromatic carbocycles. The lowest BCUT2D eigenvalue weighted by molar-refractivity contribution is 0.121. The monoisotopic (exact) mass is 254 g/mol. The normalized spacial score (nSPS) is 23.2. The summed E-state index contributed by atoms with van der Waals surface area (Å²) in [6, 6.07) is 12.1. The third-order valence-electron chi connectivity index (χ3n) is 3.81. The summed E-state index contributed by atoms with van der Waals surface area (Å²) in [5, 5.41) is 9.57. The van der Waals surface area contributed by atoms with Crippen LogP contribution in [0, 0.1) is 0 Å². The maximum atomic E-state index is 9.57. The molecule has 1 saturated carbocycles. The summed E-state index contributed by atoms with van der Waals surface area (Å²) >= 11 is 0. The fourth-order valence-electron chi connectivity index (χ4n) is 2.67. The molecule has 1 aliphatic rings. The number of hydrogen-bond acceptors (Lipinski definition) is 3. The van der Waals surface area contributed by atoms with Gasteiger partial charge in [0, 0.05) is 17.7 Å². The van der Waals surface area contributed by atoms with Gasteiger partial charge in [0.2, 0.25) is 0 Å². The molecule has 1 aromatic heterocycles. The molecule has 3 rings (SSSR count). The van der Waals surface area contributed by atoms with Crippen LogP contribution in [-0.4, -0.2) is 21.2 Å². The van der Waals surface area contributed by atoms with E-state index in [4.69, 9.17) is 4.98 Å². The van der Waals surface area contributed by atoms with Gasteiger partial charge in [-0.1, -0.05) is 30.3 Å². The topological polar surface area (TPSA) is 46.0 Å². The average molecular weight is 254 g/mol. The largest absolute Gasteiger partial charge is 0.393 e. The van der Waals surface area contributed by atoms with Crippen LogP contribution in [0.2, 0.25) is 0 Å². The SMILES string of the molecule is OC1CCC(c2nccc(-c3ccccc3)n2)CC1. The van der Waals surface area contributed by atoms with Crippen molar-refractivity contribution in [3.8, 4) is 11.3 Å². The van der Waals surface area contributed by atoms with Crippen LogP contribution in [0.25, 0.3) is 11.3 Å². The maximum absolute atomic E-state index is 9.57. The van der Waals surface area contributed by atoms with E-state index in [1.807, 2.05) is 30.5 Å². The third kappa shape index (κ3) is 2.82. The van der Waals surface area contributed by atoms with Crippen LogP contribution >= 0.6 is 0 Å². The second kappa shape index (κ2) is 5.49. The Labute approximate surface area is 113 Å². The number of hydrogen-bond donors (Lipinski definition) is 1. The highest BCUT2D eigenvalue weighted by Gasteiger charge is 2.22. The first-order chi connectivity index (χ1) is 9.33. The zero-order valence-electron chi connectivity index (χ0n) is 10.9. The van der Waals surface area contributed by atoms with Crippen molar-refractivity contribution in [3.05, 3.63) is 48.4 Å². The predicted octanol–water partition coefficient (Wildman–Crippen LogP) is 3.16. The molecule has 3 heteroatoms. The molecule has 19 heavy (non-hydrogen) atoms. The fourth-order valence-corrected chi connectivity index (χ4v) is 2.67. The van der Waals surface area contributed by atoms with E-state index in [1.165, 1.54) is 0 Å². The predicted molar refractivity (Wildman–Crippen MR) is 74.7 cm³/mol. The van der Waals surface area contributed by atoms with Crippen molar-refractivity contribution in [2.24, 2.45) is 0 Å². The Balaban J connectivity index is 1.84. The van der Waals surface area contributed by atoms with Crippen molar-refractivity contribution in [2.45, 2.75) is 37.7 Å². The molecule has 2 aromatic rings. The first kappa shape index (κ1) is 12.3. The van der Waals surface area contributed by atoms with Crippen molar-refractivity contribution in [2.75, 3.05) is 0 Å². The lowest BCUT2D eigenvalue weighted by atomic mass is 9.87. The van der Waals surface area contributed by atoms with Gasteiger partial charge in [0.15, 0.2) is 0 Å². The summed E-state index contributed by atoms with van der Waals surface area (Å²) in [6.07, 6.45) is 5.41. The molecule has 0 amide bonds. The van der Waals surface area contributed by atoms with Crippen LogP contribution in [0.3, 0.4) is 0 Å². The lowest BCUT2D eigenvalue weighted by Gasteiger charge is -2.24. The molecule has 0 spiro atoms. The van der Waals surface area contributed by atoms with Gasteiger partial charge in [-0.2, -0.15) is 0 Å². The molecule has 0 saturated heterocycles. The second-order valence-corrected chi connectivity index (χ2v) is 5.17. The van der Waals surface area contributed by atoms with Crippen LogP contribution in [-0.2, 0) is 0 Å². The summed E-state index contributed by atoms with van der Waals surface area (Å²) in [5.74, 6) is 1.32. The zero-order valence-corrected chi connectivity index (χ0v) is 10.9. The quantitative estimate of drug-likeness (QED) is 0.895. The number of nitrogens with zero attached hydrogens (tertiary/aromatic N) is 2. The minimum absolute atomic E-state index is 0.131. The van der Waals surface area contributed by atoms with Crippen molar-refractivity contribution >= 4 is 0 Å². The molecule has 1 fully saturated rings. The molecular formula is C16H18N2O. The standard InChI is InChI=1S/C16H18N2O/c19-14-8-6-13(7-9-14)16-17-11-10-15(18-16)12-4-2-1-3-5-12/h1-5,10-11,13-14,19H,6-9H2. The van der Waals surface area contributed by atoms with Gasteiger partial charge in [0.25, 0.3) is 0 Å². The van der Waals surface area contributed by atoms with Crippen LogP contribution in [0.4, 0.5) is 0 Å². The molecule has 0 atom stereocenters. The second-order valence-electron chi connectivity index (χ2n) is 5.17. The third-order valence-corrected chi connectivity index (χ3v) is 3.81. The summed E-state index contributed by atoms with van der Waals surface area (Å²) in [7, 11) is 0. The van der Waals surface area contributed by atoms with Gasteiger partial charge in [-0.05, 0) is 31.7 Å². The highest BCUT2D eigenvalue weighted by Crippen LogP contribution is 2.31. The molecule has 0 unspecified atom stereocenters. The Morgan fingerprint density at radius 3 is 2.42 bits per heavy atom. The van der Waals surface area contributed by atoms with Gasteiger partial charge in [-0.25, -0.2) is 9.97 Å². The fraction of sp³-hybridized carbons (Fsp3) is 0.375. The Hall–Kier alpha value is -1.74. The Kier molecular flexibility index (Phi) is 3.56. The van der Waals surface area contributed by atoms with Gasteiger partial charge in [0.05, 0.1) is 11.8 Å². The summed E-state index contributed by atoms with van der Waals surface area (Å²) in [5.41, 5.74) is 2.11. The summed E-state index contributed by atoms with van der Waals surface area (Å²) < 4.78 is 0. The molecule has 1 heterocycles. The van der Waals surface area contributed by atoms with Crippen molar-refractivity contribution in [1.82, 2.24) is 9.97 Å². The zero-order chi connectivity index (χ0) is 13.1. The van der Waals surface area contributed by atoms with Crippen LogP contribution < -0.4 is 0 Å². The molecule has 0 radical (unpaired) electrons. The van der Waals surface area contributed by atoms with Gasteiger partial charge < -0.3 is 5.11 Å². The number of aliphatic hydroxyl groups is 1. The molecular weight excluding hydrogens is 236 g/mol. The minimum atomic E-state index is -0.131. The Morgan fingerprint density at radius 2 is 1.68 bits per heavy atom.